The third kappa shape index (κ3) is 2.15. The summed E-state index contributed by atoms with van der Waals surface area (Å²) in [6.45, 7) is 13.7. The van der Waals surface area contributed by atoms with E-state index in [1.54, 1.807) is 0 Å². The molecule has 1 aromatic rings. The van der Waals surface area contributed by atoms with Crippen LogP contribution in [0.15, 0.2) is 0 Å². The lowest BCUT2D eigenvalue weighted by Gasteiger charge is -2.24. The zero-order chi connectivity index (χ0) is 12.8. The van der Waals surface area contributed by atoms with Gasteiger partial charge in [0.15, 0.2) is 0 Å². The van der Waals surface area contributed by atoms with E-state index in [-0.39, 0.29) is 10.8 Å². The van der Waals surface area contributed by atoms with Gasteiger partial charge in [-0.1, -0.05) is 41.5 Å². The third-order valence-corrected chi connectivity index (χ3v) is 3.04. The van der Waals surface area contributed by atoms with Crippen LogP contribution >= 0.6 is 0 Å². The predicted octanol–water partition coefficient (Wildman–Crippen LogP) is 3.01. The summed E-state index contributed by atoms with van der Waals surface area (Å²) in [5, 5.41) is 8.87. The maximum absolute atomic E-state index is 5.79. The lowest BCUT2D eigenvalue weighted by Crippen LogP contribution is -2.21. The van der Waals surface area contributed by atoms with E-state index < -0.39 is 0 Å². The van der Waals surface area contributed by atoms with Crippen LogP contribution in [0, 0.1) is 0 Å². The number of hydrogen-bond donors (Lipinski definition) is 0. The van der Waals surface area contributed by atoms with Gasteiger partial charge in [0.1, 0.15) is 11.4 Å². The van der Waals surface area contributed by atoms with Crippen LogP contribution in [0.25, 0.3) is 0 Å². The molecule has 0 bridgehead atoms. The molecule has 0 radical (unpaired) electrons. The molecular weight excluding hydrogens is 212 g/mol. The van der Waals surface area contributed by atoms with Crippen LogP contribution in [0.2, 0.25) is 0 Å². The van der Waals surface area contributed by atoms with Crippen molar-refractivity contribution < 1.29 is 4.74 Å². The summed E-state index contributed by atoms with van der Waals surface area (Å²) in [4.78, 5) is 0. The van der Waals surface area contributed by atoms with Gasteiger partial charge in [-0.3, -0.25) is 0 Å². The summed E-state index contributed by atoms with van der Waals surface area (Å²) < 4.78 is 5.79. The molecule has 2 rings (SSSR count). The van der Waals surface area contributed by atoms with Gasteiger partial charge in [0.25, 0.3) is 0 Å². The first-order valence-electron chi connectivity index (χ1n) is 6.24. The van der Waals surface area contributed by atoms with E-state index in [0.29, 0.717) is 0 Å². The lowest BCUT2D eigenvalue weighted by atomic mass is 9.85. The molecule has 0 unspecified atom stereocenters. The van der Waals surface area contributed by atoms with Crippen molar-refractivity contribution >= 4 is 0 Å². The molecule has 0 N–H and O–H groups in total. The van der Waals surface area contributed by atoms with Gasteiger partial charge in [-0.05, 0) is 0 Å². The van der Waals surface area contributed by atoms with E-state index in [2.05, 4.69) is 51.7 Å². The summed E-state index contributed by atoms with van der Waals surface area (Å²) in [5.41, 5.74) is 3.34. The second-order valence-electron chi connectivity index (χ2n) is 6.80. The van der Waals surface area contributed by atoms with Crippen molar-refractivity contribution in [1.82, 2.24) is 10.2 Å². The Bertz CT molecular complexity index is 398. The molecule has 0 fully saturated rings. The molecule has 17 heavy (non-hydrogen) atoms. The molecule has 1 aliphatic rings. The number of nitrogens with zero attached hydrogens (tertiary/aromatic N) is 2. The summed E-state index contributed by atoms with van der Waals surface area (Å²) in [7, 11) is 0. The van der Waals surface area contributed by atoms with Crippen molar-refractivity contribution in [3.05, 3.63) is 17.0 Å². The quantitative estimate of drug-likeness (QED) is 0.692. The Balaban J connectivity index is 2.62. The molecule has 1 aromatic heterocycles. The zero-order valence-corrected chi connectivity index (χ0v) is 11.7. The topological polar surface area (TPSA) is 35.0 Å². The van der Waals surface area contributed by atoms with E-state index in [1.807, 2.05) is 0 Å². The molecule has 3 heteroatoms. The predicted molar refractivity (Wildman–Crippen MR) is 68.6 cm³/mol. The molecule has 0 aliphatic carbocycles. The van der Waals surface area contributed by atoms with Gasteiger partial charge in [-0.2, -0.15) is 10.2 Å². The Morgan fingerprint density at radius 2 is 1.41 bits per heavy atom. The molecule has 0 amide bonds. The molecule has 0 saturated carbocycles. The smallest absolute Gasteiger partial charge is 0.148 e. The van der Waals surface area contributed by atoms with Gasteiger partial charge in [0.05, 0.1) is 12.3 Å². The summed E-state index contributed by atoms with van der Waals surface area (Å²) >= 11 is 0. The summed E-state index contributed by atoms with van der Waals surface area (Å²) in [5.74, 6) is 0.984. The Kier molecular flexibility index (Phi) is 2.68. The highest BCUT2D eigenvalue weighted by molar-refractivity contribution is 5.46. The van der Waals surface area contributed by atoms with Gasteiger partial charge in [-0.25, -0.2) is 0 Å². The lowest BCUT2D eigenvalue weighted by molar-refractivity contribution is 0.342. The molecule has 0 spiro atoms. The van der Waals surface area contributed by atoms with E-state index >= 15 is 0 Å². The average Bonchev–Trinajstić information content (AvgIpc) is 2.60. The standard InChI is InChI=1S/C14H22N2O/c1-13(2,3)11-9-7-8-17-10(9)12(16-15-11)14(4,5)6/h7-8H2,1-6H3. The molecule has 0 saturated heterocycles. The van der Waals surface area contributed by atoms with Crippen LogP contribution in [0.3, 0.4) is 0 Å². The van der Waals surface area contributed by atoms with Crippen molar-refractivity contribution in [3.8, 4) is 5.75 Å². The van der Waals surface area contributed by atoms with E-state index in [0.717, 1.165) is 30.2 Å². The molecular formula is C14H22N2O. The van der Waals surface area contributed by atoms with Crippen LogP contribution in [-0.2, 0) is 17.3 Å². The third-order valence-electron chi connectivity index (χ3n) is 3.04. The van der Waals surface area contributed by atoms with Crippen LogP contribution < -0.4 is 4.74 Å². The van der Waals surface area contributed by atoms with Crippen molar-refractivity contribution in [1.29, 1.82) is 0 Å². The first-order chi connectivity index (χ1) is 7.71. The molecule has 3 nitrogen and oxygen atoms in total. The highest BCUT2D eigenvalue weighted by Crippen LogP contribution is 2.39. The van der Waals surface area contributed by atoms with Crippen LogP contribution in [0.4, 0.5) is 0 Å². The largest absolute Gasteiger partial charge is 0.491 e. The fourth-order valence-corrected chi connectivity index (χ4v) is 2.19. The number of fused-ring (bicyclic) bond motifs is 1. The van der Waals surface area contributed by atoms with Crippen LogP contribution in [0.5, 0.6) is 5.75 Å². The fraction of sp³-hybridized carbons (Fsp3) is 0.714. The molecule has 0 atom stereocenters. The molecule has 1 aliphatic heterocycles. The van der Waals surface area contributed by atoms with Crippen LogP contribution in [0.1, 0.15) is 58.5 Å². The second-order valence-corrected chi connectivity index (χ2v) is 6.80. The molecule has 2 heterocycles. The summed E-state index contributed by atoms with van der Waals surface area (Å²) in [6, 6.07) is 0. The Morgan fingerprint density at radius 1 is 0.882 bits per heavy atom. The normalized spacial score (nSPS) is 15.6. The minimum absolute atomic E-state index is 0.0160. The van der Waals surface area contributed by atoms with Gasteiger partial charge in [-0.15, -0.1) is 0 Å². The molecule has 0 aromatic carbocycles. The minimum atomic E-state index is -0.0160. The second kappa shape index (κ2) is 3.69. The zero-order valence-electron chi connectivity index (χ0n) is 11.7. The monoisotopic (exact) mass is 234 g/mol. The van der Waals surface area contributed by atoms with Crippen molar-refractivity contribution in [3.63, 3.8) is 0 Å². The first-order valence-corrected chi connectivity index (χ1v) is 6.24. The fourth-order valence-electron chi connectivity index (χ4n) is 2.19. The minimum Gasteiger partial charge on any atom is -0.491 e. The van der Waals surface area contributed by atoms with Crippen molar-refractivity contribution in [2.24, 2.45) is 0 Å². The van der Waals surface area contributed by atoms with E-state index in [9.17, 15) is 0 Å². The highest BCUT2D eigenvalue weighted by atomic mass is 16.5. The Hall–Kier alpha value is -1.12. The van der Waals surface area contributed by atoms with Gasteiger partial charge in [0, 0.05) is 22.8 Å². The SMILES string of the molecule is CC(C)(C)c1nnc(C(C)(C)C)c2c1CCO2. The van der Waals surface area contributed by atoms with Crippen LogP contribution in [-0.4, -0.2) is 16.8 Å². The van der Waals surface area contributed by atoms with Gasteiger partial charge >= 0.3 is 0 Å². The Labute approximate surface area is 104 Å². The highest BCUT2D eigenvalue weighted by Gasteiger charge is 2.32. The number of rotatable bonds is 0. The van der Waals surface area contributed by atoms with Gasteiger partial charge in [0.2, 0.25) is 0 Å². The van der Waals surface area contributed by atoms with E-state index in [4.69, 9.17) is 4.74 Å². The van der Waals surface area contributed by atoms with Crippen molar-refractivity contribution in [2.75, 3.05) is 6.61 Å². The number of ether oxygens (including phenoxy) is 1. The summed E-state index contributed by atoms with van der Waals surface area (Å²) in [6.07, 6.45) is 0.959. The first kappa shape index (κ1) is 12.3. The Morgan fingerprint density at radius 3 is 1.94 bits per heavy atom. The van der Waals surface area contributed by atoms with E-state index in [1.165, 1.54) is 5.56 Å². The molecule has 94 valence electrons. The van der Waals surface area contributed by atoms with Gasteiger partial charge < -0.3 is 4.74 Å². The maximum atomic E-state index is 5.79. The average molecular weight is 234 g/mol. The number of hydrogen-bond acceptors (Lipinski definition) is 3. The maximum Gasteiger partial charge on any atom is 0.148 e. The number of aromatic nitrogens is 2. The van der Waals surface area contributed by atoms with Crippen molar-refractivity contribution in [2.45, 2.75) is 58.8 Å².